The van der Waals surface area contributed by atoms with Gasteiger partial charge in [-0.15, -0.1) is 0 Å². The van der Waals surface area contributed by atoms with Crippen LogP contribution in [0.2, 0.25) is 0 Å². The van der Waals surface area contributed by atoms with Crippen molar-refractivity contribution >= 4 is 23.2 Å². The highest BCUT2D eigenvalue weighted by atomic mass is 16.3. The van der Waals surface area contributed by atoms with Crippen LogP contribution in [0.5, 0.6) is 0 Å². The number of aliphatic hydroxyl groups is 1. The van der Waals surface area contributed by atoms with Gasteiger partial charge in [0.05, 0.1) is 0 Å². The maximum atomic E-state index is 11.7. The van der Waals surface area contributed by atoms with E-state index in [-0.39, 0.29) is 24.3 Å². The van der Waals surface area contributed by atoms with E-state index in [0.717, 1.165) is 12.8 Å². The molecule has 2 amide bonds. The van der Waals surface area contributed by atoms with Gasteiger partial charge in [-0.25, -0.2) is 0 Å². The molecule has 1 saturated carbocycles. The zero-order valence-corrected chi connectivity index (χ0v) is 11.4. The van der Waals surface area contributed by atoms with Crippen LogP contribution in [0.3, 0.4) is 0 Å². The highest BCUT2D eigenvalue weighted by Gasteiger charge is 2.29. The number of rotatable bonds is 7. The normalized spacial score (nSPS) is 13.8. The molecule has 20 heavy (non-hydrogen) atoms. The predicted molar refractivity (Wildman–Crippen MR) is 77.4 cm³/mol. The Kier molecular flexibility index (Phi) is 5.12. The number of aliphatic hydroxyl groups excluding tert-OH is 1. The van der Waals surface area contributed by atoms with Crippen LogP contribution >= 0.6 is 0 Å². The SMILES string of the molecule is O=C(CCCCO)Nc1cccc(NC(=O)C2CC2)c1. The number of anilines is 2. The van der Waals surface area contributed by atoms with Gasteiger partial charge in [-0.1, -0.05) is 6.07 Å². The minimum atomic E-state index is -0.0795. The summed E-state index contributed by atoms with van der Waals surface area (Å²) in [6, 6.07) is 7.15. The predicted octanol–water partition coefficient (Wildman–Crippen LogP) is 2.14. The molecule has 0 aliphatic heterocycles. The van der Waals surface area contributed by atoms with Gasteiger partial charge in [-0.3, -0.25) is 9.59 Å². The number of carbonyl (C=O) groups excluding carboxylic acids is 2. The van der Waals surface area contributed by atoms with Gasteiger partial charge in [0.2, 0.25) is 11.8 Å². The van der Waals surface area contributed by atoms with E-state index in [1.807, 2.05) is 6.07 Å². The molecule has 1 fully saturated rings. The van der Waals surface area contributed by atoms with Crippen molar-refractivity contribution in [2.24, 2.45) is 5.92 Å². The van der Waals surface area contributed by atoms with Gasteiger partial charge in [0.25, 0.3) is 0 Å². The molecule has 0 bridgehead atoms. The molecule has 2 rings (SSSR count). The molecule has 0 heterocycles. The average Bonchev–Trinajstić information content (AvgIpc) is 3.23. The van der Waals surface area contributed by atoms with Gasteiger partial charge in [-0.2, -0.15) is 0 Å². The Morgan fingerprint density at radius 3 is 2.50 bits per heavy atom. The van der Waals surface area contributed by atoms with Crippen molar-refractivity contribution in [3.8, 4) is 0 Å². The van der Waals surface area contributed by atoms with Crippen molar-refractivity contribution in [3.63, 3.8) is 0 Å². The Balaban J connectivity index is 1.85. The van der Waals surface area contributed by atoms with Crippen molar-refractivity contribution in [2.45, 2.75) is 32.1 Å². The Labute approximate surface area is 118 Å². The van der Waals surface area contributed by atoms with E-state index >= 15 is 0 Å². The second-order valence-corrected chi connectivity index (χ2v) is 5.07. The van der Waals surface area contributed by atoms with Gasteiger partial charge in [0.1, 0.15) is 0 Å². The minimum Gasteiger partial charge on any atom is -0.396 e. The molecule has 3 N–H and O–H groups in total. The Bertz CT molecular complexity index is 484. The van der Waals surface area contributed by atoms with E-state index in [4.69, 9.17) is 5.11 Å². The Hall–Kier alpha value is -1.88. The molecule has 5 heteroatoms. The lowest BCUT2D eigenvalue weighted by Gasteiger charge is -2.08. The molecule has 1 aliphatic carbocycles. The molecule has 0 radical (unpaired) electrons. The van der Waals surface area contributed by atoms with Gasteiger partial charge >= 0.3 is 0 Å². The fourth-order valence-corrected chi connectivity index (χ4v) is 1.89. The topological polar surface area (TPSA) is 78.4 Å². The van der Waals surface area contributed by atoms with Crippen molar-refractivity contribution in [2.75, 3.05) is 17.2 Å². The molecule has 0 atom stereocenters. The average molecular weight is 276 g/mol. The first-order chi connectivity index (χ1) is 9.69. The van der Waals surface area contributed by atoms with E-state index in [2.05, 4.69) is 10.6 Å². The minimum absolute atomic E-state index is 0.0522. The second kappa shape index (κ2) is 7.05. The summed E-state index contributed by atoms with van der Waals surface area (Å²) in [6.07, 6.45) is 3.62. The van der Waals surface area contributed by atoms with Crippen molar-refractivity contribution < 1.29 is 14.7 Å². The first-order valence-electron chi connectivity index (χ1n) is 7.00. The largest absolute Gasteiger partial charge is 0.396 e. The number of hydrogen-bond donors (Lipinski definition) is 3. The summed E-state index contributed by atoms with van der Waals surface area (Å²) in [5, 5.41) is 14.3. The molecule has 0 unspecified atom stereocenters. The number of unbranched alkanes of at least 4 members (excludes halogenated alkanes) is 1. The van der Waals surface area contributed by atoms with Crippen LogP contribution in [0, 0.1) is 5.92 Å². The molecule has 0 saturated heterocycles. The first kappa shape index (κ1) is 14.5. The quantitative estimate of drug-likeness (QED) is 0.668. The Morgan fingerprint density at radius 1 is 1.15 bits per heavy atom. The third kappa shape index (κ3) is 4.66. The highest BCUT2D eigenvalue weighted by Crippen LogP contribution is 2.30. The lowest BCUT2D eigenvalue weighted by Crippen LogP contribution is -2.14. The second-order valence-electron chi connectivity index (χ2n) is 5.07. The van der Waals surface area contributed by atoms with Crippen molar-refractivity contribution in [1.29, 1.82) is 0 Å². The molecule has 5 nitrogen and oxygen atoms in total. The first-order valence-corrected chi connectivity index (χ1v) is 7.00. The standard InChI is InChI=1S/C15H20N2O3/c18-9-2-1-6-14(19)16-12-4-3-5-13(10-12)17-15(20)11-7-8-11/h3-5,10-11,18H,1-2,6-9H2,(H,16,19)(H,17,20). The van der Waals surface area contributed by atoms with E-state index in [0.29, 0.717) is 30.6 Å². The fraction of sp³-hybridized carbons (Fsp3) is 0.467. The lowest BCUT2D eigenvalue weighted by atomic mass is 10.2. The van der Waals surface area contributed by atoms with E-state index < -0.39 is 0 Å². The summed E-state index contributed by atoms with van der Waals surface area (Å²) in [5.74, 6) is 0.132. The fourth-order valence-electron chi connectivity index (χ4n) is 1.89. The Morgan fingerprint density at radius 2 is 1.85 bits per heavy atom. The smallest absolute Gasteiger partial charge is 0.227 e. The summed E-state index contributed by atoms with van der Waals surface area (Å²) in [7, 11) is 0. The zero-order valence-electron chi connectivity index (χ0n) is 11.4. The van der Waals surface area contributed by atoms with Crippen LogP contribution in [-0.4, -0.2) is 23.5 Å². The van der Waals surface area contributed by atoms with Gasteiger partial charge < -0.3 is 15.7 Å². The third-order valence-electron chi connectivity index (χ3n) is 3.17. The molecule has 0 spiro atoms. The van der Waals surface area contributed by atoms with Crippen LogP contribution in [0.4, 0.5) is 11.4 Å². The monoisotopic (exact) mass is 276 g/mol. The van der Waals surface area contributed by atoms with Crippen LogP contribution in [-0.2, 0) is 9.59 Å². The van der Waals surface area contributed by atoms with Crippen molar-refractivity contribution in [3.05, 3.63) is 24.3 Å². The molecule has 1 aliphatic rings. The number of amides is 2. The maximum absolute atomic E-state index is 11.7. The van der Waals surface area contributed by atoms with Crippen LogP contribution in [0.15, 0.2) is 24.3 Å². The van der Waals surface area contributed by atoms with Gasteiger partial charge in [-0.05, 0) is 43.9 Å². The van der Waals surface area contributed by atoms with E-state index in [1.54, 1.807) is 18.2 Å². The van der Waals surface area contributed by atoms with Gasteiger partial charge in [0.15, 0.2) is 0 Å². The summed E-state index contributed by atoms with van der Waals surface area (Å²) >= 11 is 0. The van der Waals surface area contributed by atoms with Crippen LogP contribution < -0.4 is 10.6 Å². The van der Waals surface area contributed by atoms with Crippen LogP contribution in [0.25, 0.3) is 0 Å². The molecular weight excluding hydrogens is 256 g/mol. The number of hydrogen-bond acceptors (Lipinski definition) is 3. The third-order valence-corrected chi connectivity index (χ3v) is 3.17. The van der Waals surface area contributed by atoms with Crippen LogP contribution in [0.1, 0.15) is 32.1 Å². The summed E-state index contributed by atoms with van der Waals surface area (Å²) in [5.41, 5.74) is 1.38. The number of carbonyl (C=O) groups is 2. The number of nitrogens with one attached hydrogen (secondary N) is 2. The summed E-state index contributed by atoms with van der Waals surface area (Å²) in [6.45, 7) is 0.107. The molecule has 108 valence electrons. The zero-order chi connectivity index (χ0) is 14.4. The molecule has 1 aromatic rings. The van der Waals surface area contributed by atoms with Crippen molar-refractivity contribution in [1.82, 2.24) is 0 Å². The number of benzene rings is 1. The van der Waals surface area contributed by atoms with E-state index in [1.165, 1.54) is 0 Å². The summed E-state index contributed by atoms with van der Waals surface area (Å²) in [4.78, 5) is 23.3. The molecule has 1 aromatic carbocycles. The van der Waals surface area contributed by atoms with Gasteiger partial charge in [0, 0.05) is 30.3 Å². The van der Waals surface area contributed by atoms with E-state index in [9.17, 15) is 9.59 Å². The lowest BCUT2D eigenvalue weighted by molar-refractivity contribution is -0.117. The highest BCUT2D eigenvalue weighted by molar-refractivity contribution is 5.95. The molecular formula is C15H20N2O3. The maximum Gasteiger partial charge on any atom is 0.227 e. The summed E-state index contributed by atoms with van der Waals surface area (Å²) < 4.78 is 0. The molecule has 0 aromatic heterocycles.